The molecule has 1 atom stereocenters. The third-order valence-electron chi connectivity index (χ3n) is 3.87. The number of ketones is 1. The van der Waals surface area contributed by atoms with Crippen molar-refractivity contribution in [2.24, 2.45) is 0 Å². The van der Waals surface area contributed by atoms with Gasteiger partial charge in [-0.15, -0.1) is 0 Å². The van der Waals surface area contributed by atoms with Crippen LogP contribution in [-0.4, -0.2) is 11.8 Å². The molecule has 0 heterocycles. The molecule has 0 amide bonds. The number of rotatable bonds is 5. The summed E-state index contributed by atoms with van der Waals surface area (Å²) in [6.45, 7) is 0. The molecule has 126 valence electrons. The summed E-state index contributed by atoms with van der Waals surface area (Å²) in [5, 5.41) is 8.85. The van der Waals surface area contributed by atoms with Crippen molar-refractivity contribution in [2.75, 3.05) is 0 Å². The van der Waals surface area contributed by atoms with Crippen LogP contribution in [-0.2, 0) is 4.74 Å². The first-order valence-electron chi connectivity index (χ1n) is 8.04. The fraction of sp³-hybridized carbons (Fsp3) is 0.0455. The Kier molecular flexibility index (Phi) is 5.21. The standard InChI is InChI=1S/C22H15NO3/c23-15-16-11-13-19(14-12-16)22(25)26-21(18-9-5-2-6-10-18)20(24)17-7-3-1-4-8-17/h1-14,21H/t21-/m0/s1. The quantitative estimate of drug-likeness (QED) is 0.511. The fourth-order valence-corrected chi connectivity index (χ4v) is 2.51. The number of hydrogen-bond acceptors (Lipinski definition) is 4. The fourth-order valence-electron chi connectivity index (χ4n) is 2.51. The summed E-state index contributed by atoms with van der Waals surface area (Å²) in [6, 6.07) is 25.7. The maximum Gasteiger partial charge on any atom is 0.339 e. The minimum absolute atomic E-state index is 0.283. The molecule has 4 nitrogen and oxygen atoms in total. The first-order chi connectivity index (χ1) is 12.7. The van der Waals surface area contributed by atoms with Gasteiger partial charge in [0.2, 0.25) is 5.78 Å². The molecule has 0 aliphatic carbocycles. The SMILES string of the molecule is N#Cc1ccc(C(=O)O[C@H](C(=O)c2ccccc2)c2ccccc2)cc1. The summed E-state index contributed by atoms with van der Waals surface area (Å²) in [5.74, 6) is -0.911. The number of benzene rings is 3. The molecule has 3 aromatic carbocycles. The number of nitriles is 1. The molecule has 0 aromatic heterocycles. The van der Waals surface area contributed by atoms with Crippen LogP contribution in [0.3, 0.4) is 0 Å². The van der Waals surface area contributed by atoms with E-state index < -0.39 is 12.1 Å². The van der Waals surface area contributed by atoms with Crippen molar-refractivity contribution in [2.45, 2.75) is 6.10 Å². The maximum atomic E-state index is 12.9. The molecule has 0 bridgehead atoms. The largest absolute Gasteiger partial charge is 0.445 e. The third-order valence-corrected chi connectivity index (χ3v) is 3.87. The van der Waals surface area contributed by atoms with Crippen molar-refractivity contribution in [1.82, 2.24) is 0 Å². The Hall–Kier alpha value is -3.71. The van der Waals surface area contributed by atoms with Gasteiger partial charge in [0, 0.05) is 11.1 Å². The van der Waals surface area contributed by atoms with Gasteiger partial charge < -0.3 is 4.74 Å². The van der Waals surface area contributed by atoms with Crippen molar-refractivity contribution in [3.05, 3.63) is 107 Å². The Balaban J connectivity index is 1.89. The molecular weight excluding hydrogens is 326 g/mol. The van der Waals surface area contributed by atoms with Crippen LogP contribution >= 0.6 is 0 Å². The average Bonchev–Trinajstić information content (AvgIpc) is 2.72. The molecule has 4 heteroatoms. The summed E-state index contributed by atoms with van der Waals surface area (Å²) in [6.07, 6.45) is -1.04. The monoisotopic (exact) mass is 341 g/mol. The molecule has 0 aliphatic heterocycles. The van der Waals surface area contributed by atoms with Gasteiger partial charge in [-0.25, -0.2) is 4.79 Å². The molecule has 0 spiro atoms. The van der Waals surface area contributed by atoms with Crippen molar-refractivity contribution >= 4 is 11.8 Å². The lowest BCUT2D eigenvalue weighted by Gasteiger charge is -2.17. The number of nitrogens with zero attached hydrogens (tertiary/aromatic N) is 1. The maximum absolute atomic E-state index is 12.9. The third kappa shape index (κ3) is 3.85. The second kappa shape index (κ2) is 7.91. The highest BCUT2D eigenvalue weighted by Crippen LogP contribution is 2.24. The second-order valence-electron chi connectivity index (χ2n) is 5.62. The molecule has 0 saturated carbocycles. The van der Waals surface area contributed by atoms with E-state index >= 15 is 0 Å². The highest BCUT2D eigenvalue weighted by atomic mass is 16.5. The molecule has 0 radical (unpaired) electrons. The number of hydrogen-bond donors (Lipinski definition) is 0. The van der Waals surface area contributed by atoms with Crippen molar-refractivity contribution in [1.29, 1.82) is 5.26 Å². The van der Waals surface area contributed by atoms with Gasteiger partial charge in [-0.3, -0.25) is 4.79 Å². The van der Waals surface area contributed by atoms with Crippen molar-refractivity contribution < 1.29 is 14.3 Å². The summed E-state index contributed by atoms with van der Waals surface area (Å²) in [5.41, 5.74) is 1.80. The Morgan fingerprint density at radius 2 is 1.35 bits per heavy atom. The van der Waals surface area contributed by atoms with Crippen LogP contribution in [0, 0.1) is 11.3 Å². The van der Waals surface area contributed by atoms with Crippen LogP contribution in [0.5, 0.6) is 0 Å². The summed E-state index contributed by atoms with van der Waals surface area (Å²) >= 11 is 0. The molecule has 3 aromatic rings. The summed E-state index contributed by atoms with van der Waals surface area (Å²) in [7, 11) is 0. The van der Waals surface area contributed by atoms with Crippen LogP contribution < -0.4 is 0 Å². The number of Topliss-reactive ketones (excluding diaryl/α,β-unsaturated/α-hetero) is 1. The minimum Gasteiger partial charge on any atom is -0.445 e. The normalized spacial score (nSPS) is 11.2. The van der Waals surface area contributed by atoms with Crippen molar-refractivity contribution in [3.8, 4) is 6.07 Å². The lowest BCUT2D eigenvalue weighted by molar-refractivity contribution is 0.0280. The lowest BCUT2D eigenvalue weighted by atomic mass is 9.99. The molecule has 0 fully saturated rings. The molecule has 3 rings (SSSR count). The Bertz CT molecular complexity index is 942. The number of esters is 1. The van der Waals surface area contributed by atoms with E-state index in [0.29, 0.717) is 16.7 Å². The van der Waals surface area contributed by atoms with E-state index in [1.165, 1.54) is 24.3 Å². The molecule has 26 heavy (non-hydrogen) atoms. The summed E-state index contributed by atoms with van der Waals surface area (Å²) < 4.78 is 5.54. The van der Waals surface area contributed by atoms with Gasteiger partial charge in [0.25, 0.3) is 0 Å². The van der Waals surface area contributed by atoms with E-state index in [1.807, 2.05) is 18.2 Å². The van der Waals surface area contributed by atoms with Gasteiger partial charge in [0.1, 0.15) is 0 Å². The smallest absolute Gasteiger partial charge is 0.339 e. The zero-order chi connectivity index (χ0) is 18.4. The molecule has 0 unspecified atom stereocenters. The zero-order valence-electron chi connectivity index (χ0n) is 13.8. The van der Waals surface area contributed by atoms with Crippen LogP contribution in [0.4, 0.5) is 0 Å². The summed E-state index contributed by atoms with van der Waals surface area (Å²) in [4.78, 5) is 25.4. The Morgan fingerprint density at radius 3 is 1.92 bits per heavy atom. The predicted molar refractivity (Wildman–Crippen MR) is 96.5 cm³/mol. The molecule has 0 N–H and O–H groups in total. The first kappa shape index (κ1) is 17.1. The highest BCUT2D eigenvalue weighted by molar-refractivity contribution is 6.02. The van der Waals surface area contributed by atoms with Crippen LogP contribution in [0.2, 0.25) is 0 Å². The van der Waals surface area contributed by atoms with E-state index in [2.05, 4.69) is 0 Å². The van der Waals surface area contributed by atoms with Crippen LogP contribution in [0.25, 0.3) is 0 Å². The van der Waals surface area contributed by atoms with Gasteiger partial charge in [-0.05, 0) is 24.3 Å². The van der Waals surface area contributed by atoms with Crippen LogP contribution in [0.15, 0.2) is 84.9 Å². The number of carbonyl (C=O) groups excluding carboxylic acids is 2. The van der Waals surface area contributed by atoms with Gasteiger partial charge >= 0.3 is 5.97 Å². The lowest BCUT2D eigenvalue weighted by Crippen LogP contribution is -2.20. The Labute approximate surface area is 151 Å². The van der Waals surface area contributed by atoms with Gasteiger partial charge in [0.15, 0.2) is 6.10 Å². The molecular formula is C22H15NO3. The molecule has 0 saturated heterocycles. The minimum atomic E-state index is -1.04. The van der Waals surface area contributed by atoms with Gasteiger partial charge in [-0.1, -0.05) is 60.7 Å². The zero-order valence-corrected chi connectivity index (χ0v) is 13.8. The van der Waals surface area contributed by atoms with E-state index in [-0.39, 0.29) is 11.3 Å². The van der Waals surface area contributed by atoms with E-state index in [9.17, 15) is 9.59 Å². The molecule has 0 aliphatic rings. The van der Waals surface area contributed by atoms with E-state index in [1.54, 1.807) is 48.5 Å². The number of ether oxygens (including phenoxy) is 1. The predicted octanol–water partition coefficient (Wildman–Crippen LogP) is 4.34. The Morgan fingerprint density at radius 1 is 0.769 bits per heavy atom. The van der Waals surface area contributed by atoms with Gasteiger partial charge in [0.05, 0.1) is 17.2 Å². The van der Waals surface area contributed by atoms with Crippen LogP contribution in [0.1, 0.15) is 37.9 Å². The average molecular weight is 341 g/mol. The van der Waals surface area contributed by atoms with E-state index in [4.69, 9.17) is 10.00 Å². The highest BCUT2D eigenvalue weighted by Gasteiger charge is 2.26. The van der Waals surface area contributed by atoms with Crippen molar-refractivity contribution in [3.63, 3.8) is 0 Å². The van der Waals surface area contributed by atoms with E-state index in [0.717, 1.165) is 0 Å². The first-order valence-corrected chi connectivity index (χ1v) is 8.04. The number of carbonyl (C=O) groups is 2. The topological polar surface area (TPSA) is 67.2 Å². The van der Waals surface area contributed by atoms with Gasteiger partial charge in [-0.2, -0.15) is 5.26 Å². The second-order valence-corrected chi connectivity index (χ2v) is 5.62.